The average Bonchev–Trinajstić information content (AvgIpc) is 3.62. The first-order valence-electron chi connectivity index (χ1n) is 15.2. The molecule has 0 fully saturated rings. The van der Waals surface area contributed by atoms with Crippen LogP contribution in [0.4, 0.5) is 0 Å². The van der Waals surface area contributed by atoms with E-state index in [1.54, 1.807) is 0 Å². The molecule has 0 aliphatic carbocycles. The molecule has 0 bridgehead atoms. The summed E-state index contributed by atoms with van der Waals surface area (Å²) < 4.78 is 4.97. The molecule has 0 spiro atoms. The first-order valence-corrected chi connectivity index (χ1v) is 15.2. The van der Waals surface area contributed by atoms with Gasteiger partial charge in [-0.25, -0.2) is 0 Å². The van der Waals surface area contributed by atoms with E-state index < -0.39 is 0 Å². The van der Waals surface area contributed by atoms with Crippen LogP contribution in [0.3, 0.4) is 0 Å². The van der Waals surface area contributed by atoms with Crippen molar-refractivity contribution in [3.63, 3.8) is 0 Å². The molecule has 204 valence electrons. The van der Waals surface area contributed by atoms with Gasteiger partial charge in [-0.2, -0.15) is 0 Å². The number of benzene rings is 7. The van der Waals surface area contributed by atoms with Gasteiger partial charge in [0.15, 0.2) is 0 Å². The number of nitrogens with zero attached hydrogens (tertiary/aromatic N) is 2. The molecule has 0 N–H and O–H groups in total. The number of para-hydroxylation sites is 5. The van der Waals surface area contributed by atoms with Crippen molar-refractivity contribution in [1.29, 1.82) is 0 Å². The summed E-state index contributed by atoms with van der Waals surface area (Å²) in [6.45, 7) is 0. The van der Waals surface area contributed by atoms with Gasteiger partial charge in [-0.05, 0) is 46.5 Å². The Hall–Kier alpha value is -5.86. The van der Waals surface area contributed by atoms with E-state index in [1.807, 2.05) is 0 Å². The molecule has 0 saturated heterocycles. The van der Waals surface area contributed by atoms with Crippen LogP contribution in [-0.4, -0.2) is 8.97 Å². The fraction of sp³-hybridized carbons (Fsp3) is 0. The van der Waals surface area contributed by atoms with Crippen LogP contribution in [0.5, 0.6) is 0 Å². The summed E-state index contributed by atoms with van der Waals surface area (Å²) in [6.07, 6.45) is 0. The van der Waals surface area contributed by atoms with E-state index in [4.69, 9.17) is 0 Å². The highest BCUT2D eigenvalue weighted by molar-refractivity contribution is 6.26. The zero-order valence-electron chi connectivity index (χ0n) is 23.9. The van der Waals surface area contributed by atoms with Gasteiger partial charge in [0.2, 0.25) is 0 Å². The molecule has 3 heterocycles. The number of aromatic nitrogens is 2. The Bertz CT molecular complexity index is 2780. The van der Waals surface area contributed by atoms with Gasteiger partial charge >= 0.3 is 0 Å². The van der Waals surface area contributed by atoms with Crippen molar-refractivity contribution in [3.05, 3.63) is 158 Å². The zero-order chi connectivity index (χ0) is 28.8. The van der Waals surface area contributed by atoms with Crippen LogP contribution in [0.25, 0.3) is 87.1 Å². The lowest BCUT2D eigenvalue weighted by Crippen LogP contribution is -1.96. The summed E-state index contributed by atoms with van der Waals surface area (Å²) in [4.78, 5) is 0. The highest BCUT2D eigenvalue weighted by atomic mass is 15.0. The van der Waals surface area contributed by atoms with Crippen LogP contribution in [0.1, 0.15) is 0 Å². The largest absolute Gasteiger partial charge is 0.309 e. The van der Waals surface area contributed by atoms with Gasteiger partial charge in [0, 0.05) is 37.7 Å². The minimum atomic E-state index is 1.18. The molecule has 10 aromatic rings. The fourth-order valence-corrected chi connectivity index (χ4v) is 7.74. The van der Waals surface area contributed by atoms with Gasteiger partial charge in [0.05, 0.1) is 33.3 Å². The molecule has 0 aliphatic heterocycles. The number of hydrogen-bond acceptors (Lipinski definition) is 0. The third-order valence-electron chi connectivity index (χ3n) is 9.48. The van der Waals surface area contributed by atoms with E-state index in [0.29, 0.717) is 0 Å². The maximum absolute atomic E-state index is 2.50. The van der Waals surface area contributed by atoms with Crippen LogP contribution < -0.4 is 0 Å². The fourth-order valence-electron chi connectivity index (χ4n) is 7.74. The molecule has 44 heavy (non-hydrogen) atoms. The van der Waals surface area contributed by atoms with E-state index in [1.165, 1.54) is 87.1 Å². The van der Waals surface area contributed by atoms with Gasteiger partial charge in [-0.1, -0.05) is 127 Å². The van der Waals surface area contributed by atoms with Gasteiger partial charge in [-0.3, -0.25) is 0 Å². The molecular formula is C42H26N2. The van der Waals surface area contributed by atoms with Crippen molar-refractivity contribution in [2.45, 2.75) is 0 Å². The standard InChI is InChI=1S/C42H26N2/c1-2-14-28-27(13-1)32-19-12-26-40(43-36-22-7-3-15-29(36)30-16-4-8-23-37(30)43)41(32)35-18-6-10-25-39(35)44-38-24-9-5-17-31(38)34-21-11-20-33(28)42(34)44/h1-26H. The number of rotatable bonds is 1. The average molecular weight is 559 g/mol. The van der Waals surface area contributed by atoms with E-state index >= 15 is 0 Å². The minimum Gasteiger partial charge on any atom is -0.309 e. The molecule has 0 unspecified atom stereocenters. The lowest BCUT2D eigenvalue weighted by molar-refractivity contribution is 1.20. The highest BCUT2D eigenvalue weighted by Crippen LogP contribution is 2.41. The van der Waals surface area contributed by atoms with E-state index in [-0.39, 0.29) is 0 Å². The molecule has 2 heteroatoms. The number of hydrogen-bond donors (Lipinski definition) is 0. The second-order valence-corrected chi connectivity index (χ2v) is 11.7. The maximum Gasteiger partial charge on any atom is 0.0619 e. The molecular weight excluding hydrogens is 532 g/mol. The first-order chi connectivity index (χ1) is 21.9. The predicted molar refractivity (Wildman–Crippen MR) is 188 cm³/mol. The molecule has 0 amide bonds. The van der Waals surface area contributed by atoms with Crippen molar-refractivity contribution in [2.75, 3.05) is 0 Å². The second-order valence-electron chi connectivity index (χ2n) is 11.7. The molecule has 0 atom stereocenters. The zero-order valence-corrected chi connectivity index (χ0v) is 23.9. The monoisotopic (exact) mass is 558 g/mol. The summed E-state index contributed by atoms with van der Waals surface area (Å²) in [6, 6.07) is 57.9. The van der Waals surface area contributed by atoms with Crippen LogP contribution in [0.2, 0.25) is 0 Å². The molecule has 2 nitrogen and oxygen atoms in total. The summed E-state index contributed by atoms with van der Waals surface area (Å²) in [5.41, 5.74) is 7.27. The molecule has 3 aromatic heterocycles. The predicted octanol–water partition coefficient (Wildman–Crippen LogP) is 11.4. The molecule has 10 rings (SSSR count). The molecule has 0 aliphatic rings. The van der Waals surface area contributed by atoms with Crippen molar-refractivity contribution in [1.82, 2.24) is 8.97 Å². The van der Waals surface area contributed by atoms with Gasteiger partial charge in [0.25, 0.3) is 0 Å². The van der Waals surface area contributed by atoms with E-state index in [0.717, 1.165) is 0 Å². The van der Waals surface area contributed by atoms with Crippen molar-refractivity contribution in [3.8, 4) is 5.69 Å². The lowest BCUT2D eigenvalue weighted by atomic mass is 9.99. The van der Waals surface area contributed by atoms with Crippen LogP contribution in [0.15, 0.2) is 158 Å². The Morgan fingerprint density at radius 2 is 0.659 bits per heavy atom. The third-order valence-corrected chi connectivity index (χ3v) is 9.48. The Balaban J connectivity index is 1.59. The third kappa shape index (κ3) is 3.04. The SMILES string of the molecule is c1ccc2c(c1)c1cccc(-n3c4ccccc4c4ccccc43)c1c1ccccc1n1c3ccccc3c3cccc2c31. The summed E-state index contributed by atoms with van der Waals surface area (Å²) in [5, 5.41) is 12.5. The lowest BCUT2D eigenvalue weighted by Gasteiger charge is -2.13. The van der Waals surface area contributed by atoms with Crippen LogP contribution >= 0.6 is 0 Å². The topological polar surface area (TPSA) is 9.34 Å². The summed E-state index contributed by atoms with van der Waals surface area (Å²) in [7, 11) is 0. The second kappa shape index (κ2) is 8.82. The van der Waals surface area contributed by atoms with Crippen molar-refractivity contribution >= 4 is 81.4 Å². The first kappa shape index (κ1) is 23.7. The smallest absolute Gasteiger partial charge is 0.0619 e. The van der Waals surface area contributed by atoms with E-state index in [2.05, 4.69) is 167 Å². The Kier molecular flexibility index (Phi) is 4.75. The summed E-state index contributed by atoms with van der Waals surface area (Å²) in [5.74, 6) is 0. The van der Waals surface area contributed by atoms with Crippen LogP contribution in [0, 0.1) is 0 Å². The number of fused-ring (bicyclic) bond motifs is 13. The Morgan fingerprint density at radius 3 is 1.30 bits per heavy atom. The molecule has 0 saturated carbocycles. The van der Waals surface area contributed by atoms with Crippen molar-refractivity contribution in [2.24, 2.45) is 0 Å². The molecule has 7 aromatic carbocycles. The maximum atomic E-state index is 2.50. The normalized spacial score (nSPS) is 12.1. The van der Waals surface area contributed by atoms with Crippen LogP contribution in [-0.2, 0) is 0 Å². The van der Waals surface area contributed by atoms with Gasteiger partial charge in [0.1, 0.15) is 0 Å². The quantitative estimate of drug-likeness (QED) is 0.190. The highest BCUT2D eigenvalue weighted by Gasteiger charge is 2.18. The molecule has 0 radical (unpaired) electrons. The van der Waals surface area contributed by atoms with E-state index in [9.17, 15) is 0 Å². The Morgan fingerprint density at radius 1 is 0.273 bits per heavy atom. The van der Waals surface area contributed by atoms with Crippen molar-refractivity contribution < 1.29 is 0 Å². The Labute approximate surface area is 253 Å². The summed E-state index contributed by atoms with van der Waals surface area (Å²) >= 11 is 0. The van der Waals surface area contributed by atoms with Gasteiger partial charge < -0.3 is 8.97 Å². The van der Waals surface area contributed by atoms with Gasteiger partial charge in [-0.15, -0.1) is 0 Å². The minimum absolute atomic E-state index is 1.18.